The highest BCUT2D eigenvalue weighted by atomic mass is 16.5. The molecule has 5 nitrogen and oxygen atoms in total. The van der Waals surface area contributed by atoms with Gasteiger partial charge >= 0.3 is 7.12 Å². The molecule has 0 saturated carbocycles. The Morgan fingerprint density at radius 2 is 1.92 bits per heavy atom. The summed E-state index contributed by atoms with van der Waals surface area (Å²) in [6.07, 6.45) is 0. The Bertz CT molecular complexity index is 292. The molecule has 0 aliphatic carbocycles. The molecule has 0 aromatic carbocycles. The second-order valence-electron chi connectivity index (χ2n) is 2.32. The molecule has 0 aliphatic heterocycles. The van der Waals surface area contributed by atoms with E-state index in [2.05, 4.69) is 4.98 Å². The summed E-state index contributed by atoms with van der Waals surface area (Å²) >= 11 is 0. The minimum absolute atomic E-state index is 0.123. The highest BCUT2D eigenvalue weighted by Gasteiger charge is 2.15. The van der Waals surface area contributed by atoms with Crippen LogP contribution in [0.2, 0.25) is 0 Å². The summed E-state index contributed by atoms with van der Waals surface area (Å²) in [5.41, 5.74) is 0.123. The second-order valence-corrected chi connectivity index (χ2v) is 2.32. The summed E-state index contributed by atoms with van der Waals surface area (Å²) in [6, 6.07) is 3.01. The molecule has 0 saturated heterocycles. The van der Waals surface area contributed by atoms with Crippen molar-refractivity contribution in [2.45, 2.75) is 0 Å². The first-order valence-electron chi connectivity index (χ1n) is 3.64. The van der Waals surface area contributed by atoms with E-state index in [1.165, 1.54) is 20.3 Å². The summed E-state index contributed by atoms with van der Waals surface area (Å²) in [7, 11) is 1.31. The van der Waals surface area contributed by atoms with Gasteiger partial charge in [0.1, 0.15) is 0 Å². The predicted octanol–water partition coefficient (Wildman–Crippen LogP) is -1.22. The summed E-state index contributed by atoms with van der Waals surface area (Å²) in [4.78, 5) is 3.81. The average molecular weight is 183 g/mol. The molecule has 13 heavy (non-hydrogen) atoms. The Hall–Kier alpha value is -1.27. The van der Waals surface area contributed by atoms with Crippen LogP contribution in [-0.4, -0.2) is 36.4 Å². The molecule has 0 aliphatic rings. The topological polar surface area (TPSA) is 71.8 Å². The number of rotatable bonds is 3. The zero-order valence-electron chi connectivity index (χ0n) is 7.39. The van der Waals surface area contributed by atoms with Crippen molar-refractivity contribution in [2.75, 3.05) is 14.2 Å². The molecule has 0 fully saturated rings. The molecule has 70 valence electrons. The fourth-order valence-corrected chi connectivity index (χ4v) is 0.887. The van der Waals surface area contributed by atoms with Crippen molar-refractivity contribution in [3.8, 4) is 11.6 Å². The van der Waals surface area contributed by atoms with Crippen molar-refractivity contribution < 1.29 is 19.5 Å². The standard InChI is InChI=1S/C7H10BNO4/c1-12-5-3-4-6(8(10)11)9-7(5)13-2/h3-4,10-11H,1-2H3. The van der Waals surface area contributed by atoms with Crippen molar-refractivity contribution in [3.05, 3.63) is 12.1 Å². The normalized spacial score (nSPS) is 9.54. The molecule has 0 radical (unpaired) electrons. The van der Waals surface area contributed by atoms with Crippen LogP contribution in [0.5, 0.6) is 11.6 Å². The molecule has 0 spiro atoms. The Labute approximate surface area is 76.1 Å². The van der Waals surface area contributed by atoms with E-state index < -0.39 is 7.12 Å². The third kappa shape index (κ3) is 2.10. The van der Waals surface area contributed by atoms with Gasteiger partial charge in [-0.3, -0.25) is 0 Å². The summed E-state index contributed by atoms with van der Waals surface area (Å²) in [5, 5.41) is 17.6. The zero-order valence-corrected chi connectivity index (χ0v) is 7.39. The Morgan fingerprint density at radius 1 is 1.23 bits per heavy atom. The molecule has 1 rings (SSSR count). The van der Waals surface area contributed by atoms with Crippen LogP contribution in [0.25, 0.3) is 0 Å². The van der Waals surface area contributed by atoms with Crippen LogP contribution in [0.3, 0.4) is 0 Å². The van der Waals surface area contributed by atoms with Crippen LogP contribution < -0.4 is 15.1 Å². The van der Waals surface area contributed by atoms with Crippen molar-refractivity contribution in [1.29, 1.82) is 0 Å². The average Bonchev–Trinajstić information content (AvgIpc) is 2.16. The van der Waals surface area contributed by atoms with E-state index in [-0.39, 0.29) is 11.5 Å². The number of pyridine rings is 1. The molecule has 0 unspecified atom stereocenters. The quantitative estimate of drug-likeness (QED) is 0.574. The maximum Gasteiger partial charge on any atom is 0.508 e. The zero-order chi connectivity index (χ0) is 9.84. The number of aromatic nitrogens is 1. The van der Waals surface area contributed by atoms with Crippen LogP contribution in [0.4, 0.5) is 0 Å². The third-order valence-corrected chi connectivity index (χ3v) is 1.52. The third-order valence-electron chi connectivity index (χ3n) is 1.52. The number of ether oxygens (including phenoxy) is 2. The lowest BCUT2D eigenvalue weighted by molar-refractivity contribution is 0.343. The van der Waals surface area contributed by atoms with Gasteiger partial charge in [-0.15, -0.1) is 0 Å². The Balaban J connectivity index is 3.05. The first-order valence-corrected chi connectivity index (χ1v) is 3.64. The van der Waals surface area contributed by atoms with Crippen LogP contribution in [0.1, 0.15) is 0 Å². The van der Waals surface area contributed by atoms with Gasteiger partial charge in [-0.25, -0.2) is 4.98 Å². The van der Waals surface area contributed by atoms with Crippen LogP contribution >= 0.6 is 0 Å². The van der Waals surface area contributed by atoms with E-state index in [4.69, 9.17) is 19.5 Å². The molecule has 1 heterocycles. The fourth-order valence-electron chi connectivity index (χ4n) is 0.887. The van der Waals surface area contributed by atoms with E-state index in [9.17, 15) is 0 Å². The van der Waals surface area contributed by atoms with Gasteiger partial charge in [0.15, 0.2) is 5.75 Å². The molecular formula is C7H10BNO4. The van der Waals surface area contributed by atoms with Crippen molar-refractivity contribution in [1.82, 2.24) is 4.98 Å². The first kappa shape index (κ1) is 9.82. The van der Waals surface area contributed by atoms with Gasteiger partial charge in [0.25, 0.3) is 5.88 Å². The Kier molecular flexibility index (Phi) is 3.10. The maximum atomic E-state index is 8.80. The van der Waals surface area contributed by atoms with E-state index in [0.29, 0.717) is 5.75 Å². The van der Waals surface area contributed by atoms with E-state index in [0.717, 1.165) is 0 Å². The molecule has 0 amide bonds. The monoisotopic (exact) mass is 183 g/mol. The van der Waals surface area contributed by atoms with Gasteiger partial charge < -0.3 is 19.5 Å². The molecule has 6 heteroatoms. The molecule has 2 N–H and O–H groups in total. The van der Waals surface area contributed by atoms with Crippen LogP contribution in [-0.2, 0) is 0 Å². The van der Waals surface area contributed by atoms with Crippen molar-refractivity contribution >= 4 is 12.7 Å². The van der Waals surface area contributed by atoms with Gasteiger partial charge in [-0.1, -0.05) is 0 Å². The van der Waals surface area contributed by atoms with Gasteiger partial charge in [-0.05, 0) is 12.1 Å². The molecular weight excluding hydrogens is 173 g/mol. The fraction of sp³-hybridized carbons (Fsp3) is 0.286. The number of hydrogen-bond acceptors (Lipinski definition) is 5. The van der Waals surface area contributed by atoms with Crippen molar-refractivity contribution in [3.63, 3.8) is 0 Å². The van der Waals surface area contributed by atoms with Crippen molar-refractivity contribution in [2.24, 2.45) is 0 Å². The largest absolute Gasteiger partial charge is 0.508 e. The smallest absolute Gasteiger partial charge is 0.491 e. The first-order chi connectivity index (χ1) is 6.19. The summed E-state index contributed by atoms with van der Waals surface area (Å²) in [5.74, 6) is 0.681. The van der Waals surface area contributed by atoms with E-state index in [1.54, 1.807) is 6.07 Å². The van der Waals surface area contributed by atoms with E-state index >= 15 is 0 Å². The summed E-state index contributed by atoms with van der Waals surface area (Å²) < 4.78 is 9.79. The number of nitrogens with zero attached hydrogens (tertiary/aromatic N) is 1. The molecule has 1 aromatic rings. The van der Waals surface area contributed by atoms with E-state index in [1.807, 2.05) is 0 Å². The molecule has 1 aromatic heterocycles. The summed E-state index contributed by atoms with van der Waals surface area (Å²) in [6.45, 7) is 0. The molecule has 0 atom stereocenters. The van der Waals surface area contributed by atoms with Gasteiger partial charge in [0, 0.05) is 0 Å². The lowest BCUT2D eigenvalue weighted by atomic mass is 9.86. The van der Waals surface area contributed by atoms with Gasteiger partial charge in [-0.2, -0.15) is 0 Å². The lowest BCUT2D eigenvalue weighted by Crippen LogP contribution is -2.32. The maximum absolute atomic E-state index is 8.80. The SMILES string of the molecule is COc1ccc(B(O)O)nc1OC. The van der Waals surface area contributed by atoms with Crippen LogP contribution in [0, 0.1) is 0 Å². The van der Waals surface area contributed by atoms with Gasteiger partial charge in [0.2, 0.25) is 0 Å². The molecule has 0 bridgehead atoms. The highest BCUT2D eigenvalue weighted by Crippen LogP contribution is 2.20. The second kappa shape index (κ2) is 4.11. The van der Waals surface area contributed by atoms with Crippen LogP contribution in [0.15, 0.2) is 12.1 Å². The Morgan fingerprint density at radius 3 is 2.38 bits per heavy atom. The number of methoxy groups -OCH3 is 2. The number of hydrogen-bond donors (Lipinski definition) is 2. The predicted molar refractivity (Wildman–Crippen MR) is 47.2 cm³/mol. The highest BCUT2D eigenvalue weighted by molar-refractivity contribution is 6.57. The van der Waals surface area contributed by atoms with Gasteiger partial charge in [0.05, 0.1) is 19.8 Å². The minimum Gasteiger partial charge on any atom is -0.491 e. The lowest BCUT2D eigenvalue weighted by Gasteiger charge is -2.07. The minimum atomic E-state index is -1.60.